The van der Waals surface area contributed by atoms with Gasteiger partial charge >= 0.3 is 0 Å². The number of rotatable bonds is 4. The van der Waals surface area contributed by atoms with Crippen molar-refractivity contribution in [2.45, 2.75) is 10.6 Å². The first kappa shape index (κ1) is 14.1. The van der Waals surface area contributed by atoms with Crippen molar-refractivity contribution >= 4 is 34.7 Å². The van der Waals surface area contributed by atoms with Crippen molar-refractivity contribution in [3.8, 4) is 16.8 Å². The minimum absolute atomic E-state index is 0.447. The Labute approximate surface area is 134 Å². The van der Waals surface area contributed by atoms with Gasteiger partial charge in [0.25, 0.3) is 5.89 Å². The summed E-state index contributed by atoms with van der Waals surface area (Å²) in [6.07, 6.45) is 0. The molecule has 0 aliphatic heterocycles. The van der Waals surface area contributed by atoms with Crippen molar-refractivity contribution < 1.29 is 4.52 Å². The summed E-state index contributed by atoms with van der Waals surface area (Å²) < 4.78 is 5.22. The van der Waals surface area contributed by atoms with Crippen molar-refractivity contribution in [1.82, 2.24) is 10.1 Å². The number of halogens is 1. The highest BCUT2D eigenvalue weighted by molar-refractivity contribution is 7.98. The average molecular weight is 334 g/mol. The number of thioether (sulfide) groups is 1. The number of hydrogen-bond donors (Lipinski definition) is 0. The summed E-state index contributed by atoms with van der Waals surface area (Å²) >= 11 is 8.86. The number of aromatic nitrogens is 2. The normalized spacial score (nSPS) is 10.5. The minimum Gasteiger partial charge on any atom is -0.333 e. The zero-order chi connectivity index (χ0) is 14.7. The van der Waals surface area contributed by atoms with E-state index in [1.165, 1.54) is 11.3 Å². The topological polar surface area (TPSA) is 62.7 Å². The molecule has 0 radical (unpaired) electrons. The van der Waals surface area contributed by atoms with Crippen LogP contribution < -0.4 is 0 Å². The van der Waals surface area contributed by atoms with Crippen LogP contribution >= 0.6 is 34.7 Å². The molecule has 0 spiro atoms. The molecular formula is C14H8ClN3OS2. The number of nitrogens with zero attached hydrogens (tertiary/aromatic N) is 3. The molecule has 2 heterocycles. The first-order chi connectivity index (χ1) is 10.2. The van der Waals surface area contributed by atoms with Crippen LogP contribution in [0.25, 0.3) is 10.8 Å². The maximum absolute atomic E-state index is 8.82. The molecule has 1 aromatic carbocycles. The molecular weight excluding hydrogens is 326 g/mol. The standard InChI is InChI=1S/C14H8ClN3OS2/c15-9-2-1-3-10(6-9)20-8-13-17-14(19-18-13)12-5-4-11(7-16)21-12/h1-6H,8H2. The van der Waals surface area contributed by atoms with E-state index in [1.807, 2.05) is 30.3 Å². The fourth-order valence-electron chi connectivity index (χ4n) is 1.63. The maximum atomic E-state index is 8.82. The molecule has 3 rings (SSSR count). The van der Waals surface area contributed by atoms with E-state index in [4.69, 9.17) is 21.4 Å². The van der Waals surface area contributed by atoms with Crippen molar-refractivity contribution in [2.24, 2.45) is 0 Å². The third-order valence-electron chi connectivity index (χ3n) is 2.56. The largest absolute Gasteiger partial charge is 0.333 e. The summed E-state index contributed by atoms with van der Waals surface area (Å²) in [6, 6.07) is 13.3. The van der Waals surface area contributed by atoms with Gasteiger partial charge < -0.3 is 4.52 Å². The highest BCUT2D eigenvalue weighted by atomic mass is 35.5. The van der Waals surface area contributed by atoms with Crippen molar-refractivity contribution in [3.05, 3.63) is 52.1 Å². The van der Waals surface area contributed by atoms with Crippen LogP contribution in [-0.2, 0) is 5.75 Å². The lowest BCUT2D eigenvalue weighted by atomic mass is 10.4. The second-order valence-corrected chi connectivity index (χ2v) is 6.61. The number of benzene rings is 1. The predicted molar refractivity (Wildman–Crippen MR) is 83.3 cm³/mol. The molecule has 0 atom stereocenters. The first-order valence-corrected chi connectivity index (χ1v) is 8.14. The van der Waals surface area contributed by atoms with Crippen LogP contribution in [0, 0.1) is 11.3 Å². The van der Waals surface area contributed by atoms with Gasteiger partial charge in [-0.1, -0.05) is 22.8 Å². The number of hydrogen-bond acceptors (Lipinski definition) is 6. The lowest BCUT2D eigenvalue weighted by Crippen LogP contribution is -1.83. The summed E-state index contributed by atoms with van der Waals surface area (Å²) in [7, 11) is 0. The van der Waals surface area contributed by atoms with E-state index < -0.39 is 0 Å². The molecule has 0 aliphatic rings. The Bertz CT molecular complexity index is 806. The Hall–Kier alpha value is -1.81. The van der Waals surface area contributed by atoms with Crippen LogP contribution in [-0.4, -0.2) is 10.1 Å². The van der Waals surface area contributed by atoms with Gasteiger partial charge in [0.2, 0.25) is 0 Å². The number of nitriles is 1. The molecule has 0 unspecified atom stereocenters. The summed E-state index contributed by atoms with van der Waals surface area (Å²) in [5.74, 6) is 1.66. The van der Waals surface area contributed by atoms with Crippen LogP contribution in [0.4, 0.5) is 0 Å². The van der Waals surface area contributed by atoms with Crippen LogP contribution in [0.15, 0.2) is 45.8 Å². The molecule has 0 N–H and O–H groups in total. The maximum Gasteiger partial charge on any atom is 0.268 e. The molecule has 0 amide bonds. The van der Waals surface area contributed by atoms with Crippen LogP contribution in [0.5, 0.6) is 0 Å². The lowest BCUT2D eigenvalue weighted by Gasteiger charge is -1.98. The molecule has 104 valence electrons. The predicted octanol–water partition coefficient (Wildman–Crippen LogP) is 4.62. The summed E-state index contributed by atoms with van der Waals surface area (Å²) in [6.45, 7) is 0. The molecule has 21 heavy (non-hydrogen) atoms. The zero-order valence-corrected chi connectivity index (χ0v) is 13.0. The smallest absolute Gasteiger partial charge is 0.268 e. The van der Waals surface area contributed by atoms with E-state index in [0.717, 1.165) is 9.77 Å². The third kappa shape index (κ3) is 3.45. The van der Waals surface area contributed by atoms with Gasteiger partial charge in [-0.3, -0.25) is 0 Å². The molecule has 0 aliphatic carbocycles. The Morgan fingerprint density at radius 2 is 2.24 bits per heavy atom. The molecule has 0 bridgehead atoms. The van der Waals surface area contributed by atoms with Gasteiger partial charge in [0.15, 0.2) is 5.82 Å². The van der Waals surface area contributed by atoms with E-state index in [1.54, 1.807) is 17.8 Å². The van der Waals surface area contributed by atoms with E-state index in [2.05, 4.69) is 16.2 Å². The average Bonchev–Trinajstić information content (AvgIpc) is 3.14. The van der Waals surface area contributed by atoms with Gasteiger partial charge in [-0.25, -0.2) is 0 Å². The molecule has 0 saturated heterocycles. The van der Waals surface area contributed by atoms with Gasteiger partial charge in [-0.2, -0.15) is 10.2 Å². The van der Waals surface area contributed by atoms with E-state index >= 15 is 0 Å². The van der Waals surface area contributed by atoms with Crippen molar-refractivity contribution in [1.29, 1.82) is 5.26 Å². The quantitative estimate of drug-likeness (QED) is 0.652. The van der Waals surface area contributed by atoms with Gasteiger partial charge in [0.05, 0.1) is 10.6 Å². The second-order valence-electron chi connectivity index (χ2n) is 4.04. The lowest BCUT2D eigenvalue weighted by molar-refractivity contribution is 0.426. The van der Waals surface area contributed by atoms with Crippen LogP contribution in [0.2, 0.25) is 5.02 Å². The van der Waals surface area contributed by atoms with Gasteiger partial charge in [0.1, 0.15) is 10.9 Å². The van der Waals surface area contributed by atoms with Gasteiger partial charge in [-0.15, -0.1) is 23.1 Å². The monoisotopic (exact) mass is 333 g/mol. The molecule has 3 aromatic rings. The third-order valence-corrected chi connectivity index (χ3v) is 4.76. The summed E-state index contributed by atoms with van der Waals surface area (Å²) in [5, 5.41) is 13.5. The molecule has 0 fully saturated rings. The molecule has 0 saturated carbocycles. The van der Waals surface area contributed by atoms with Crippen molar-refractivity contribution in [3.63, 3.8) is 0 Å². The molecule has 7 heteroatoms. The summed E-state index contributed by atoms with van der Waals surface area (Å²) in [4.78, 5) is 6.81. The van der Waals surface area contributed by atoms with Crippen LogP contribution in [0.3, 0.4) is 0 Å². The van der Waals surface area contributed by atoms with E-state index in [9.17, 15) is 0 Å². The van der Waals surface area contributed by atoms with Crippen LogP contribution in [0.1, 0.15) is 10.7 Å². The molecule has 4 nitrogen and oxygen atoms in total. The van der Waals surface area contributed by atoms with Crippen molar-refractivity contribution in [2.75, 3.05) is 0 Å². The van der Waals surface area contributed by atoms with E-state index in [0.29, 0.717) is 27.4 Å². The summed E-state index contributed by atoms with van der Waals surface area (Å²) in [5.41, 5.74) is 0. The highest BCUT2D eigenvalue weighted by Gasteiger charge is 2.11. The van der Waals surface area contributed by atoms with Gasteiger partial charge in [-0.05, 0) is 30.3 Å². The molecule has 2 aromatic heterocycles. The first-order valence-electron chi connectivity index (χ1n) is 5.96. The second kappa shape index (κ2) is 6.31. The number of thiophene rings is 1. The Morgan fingerprint density at radius 1 is 1.33 bits per heavy atom. The highest BCUT2D eigenvalue weighted by Crippen LogP contribution is 2.28. The zero-order valence-electron chi connectivity index (χ0n) is 10.6. The fraction of sp³-hybridized carbons (Fsp3) is 0.0714. The Kier molecular flexibility index (Phi) is 4.25. The SMILES string of the molecule is N#Cc1ccc(-c2nc(CSc3cccc(Cl)c3)no2)s1. The Balaban J connectivity index is 1.69. The fourth-order valence-corrected chi connectivity index (χ4v) is 3.41. The van der Waals surface area contributed by atoms with E-state index in [-0.39, 0.29) is 0 Å². The Morgan fingerprint density at radius 3 is 3.00 bits per heavy atom. The van der Waals surface area contributed by atoms with Gasteiger partial charge in [0, 0.05) is 9.92 Å². The minimum atomic E-state index is 0.447.